The minimum atomic E-state index is 0. The topological polar surface area (TPSA) is 66.1 Å². The number of methoxy groups -OCH3 is 1. The molecule has 1 fully saturated rings. The summed E-state index contributed by atoms with van der Waals surface area (Å²) in [5.41, 5.74) is 6.85. The van der Waals surface area contributed by atoms with E-state index in [4.69, 9.17) is 10.5 Å². The lowest BCUT2D eigenvalue weighted by molar-refractivity contribution is 0.148. The van der Waals surface area contributed by atoms with E-state index in [1.165, 1.54) is 12.8 Å². The predicted molar refractivity (Wildman–Crippen MR) is 112 cm³/mol. The molecule has 1 aromatic rings. The summed E-state index contributed by atoms with van der Waals surface area (Å²) in [6, 6.07) is 8.35. The van der Waals surface area contributed by atoms with Gasteiger partial charge in [-0.05, 0) is 64.3 Å². The van der Waals surface area contributed by atoms with Crippen LogP contribution in [-0.4, -0.2) is 69.2 Å². The molecule has 1 aliphatic rings. The Kier molecular flexibility index (Phi) is 9.38. The van der Waals surface area contributed by atoms with E-state index in [0.29, 0.717) is 5.96 Å². The third-order valence-corrected chi connectivity index (χ3v) is 4.35. The molecule has 0 saturated carbocycles. The average molecular weight is 447 g/mol. The van der Waals surface area contributed by atoms with Gasteiger partial charge in [-0.2, -0.15) is 0 Å². The number of aliphatic imine (C=N–C) groups is 1. The van der Waals surface area contributed by atoms with Gasteiger partial charge in [0, 0.05) is 18.3 Å². The molecule has 0 radical (unpaired) electrons. The molecule has 6 nitrogen and oxygen atoms in total. The first-order chi connectivity index (χ1) is 11.1. The van der Waals surface area contributed by atoms with Gasteiger partial charge in [-0.25, -0.2) is 0 Å². The fourth-order valence-electron chi connectivity index (χ4n) is 2.83. The van der Waals surface area contributed by atoms with E-state index in [2.05, 4.69) is 34.2 Å². The Bertz CT molecular complexity index is 498. The number of piperidine rings is 1. The SMILES string of the molecule is COc1ccc(NC(N)=NCCN2CCC(N(C)C)CC2)cc1.I. The molecule has 136 valence electrons. The number of rotatable bonds is 6. The van der Waals surface area contributed by atoms with Gasteiger partial charge in [0.25, 0.3) is 0 Å². The van der Waals surface area contributed by atoms with Crippen LogP contribution in [-0.2, 0) is 0 Å². The first-order valence-corrected chi connectivity index (χ1v) is 8.18. The monoisotopic (exact) mass is 447 g/mol. The smallest absolute Gasteiger partial charge is 0.193 e. The Labute approximate surface area is 162 Å². The molecule has 0 bridgehead atoms. The number of hydrogen-bond donors (Lipinski definition) is 2. The van der Waals surface area contributed by atoms with Crippen molar-refractivity contribution >= 4 is 35.6 Å². The van der Waals surface area contributed by atoms with Crippen LogP contribution in [0.25, 0.3) is 0 Å². The summed E-state index contributed by atoms with van der Waals surface area (Å²) < 4.78 is 5.13. The zero-order valence-electron chi connectivity index (χ0n) is 14.9. The molecule has 0 aromatic heterocycles. The van der Waals surface area contributed by atoms with E-state index in [-0.39, 0.29) is 24.0 Å². The number of anilines is 1. The van der Waals surface area contributed by atoms with Gasteiger partial charge in [-0.3, -0.25) is 4.99 Å². The molecule has 1 saturated heterocycles. The molecular formula is C17H30IN5O. The maximum Gasteiger partial charge on any atom is 0.193 e. The minimum absolute atomic E-state index is 0. The van der Waals surface area contributed by atoms with E-state index in [0.717, 1.165) is 43.7 Å². The molecule has 0 atom stereocenters. The van der Waals surface area contributed by atoms with Crippen LogP contribution in [0.3, 0.4) is 0 Å². The average Bonchev–Trinajstić information content (AvgIpc) is 2.56. The van der Waals surface area contributed by atoms with Crippen molar-refractivity contribution < 1.29 is 4.74 Å². The largest absolute Gasteiger partial charge is 0.497 e. The number of ether oxygens (including phenoxy) is 1. The molecule has 3 N–H and O–H groups in total. The Morgan fingerprint density at radius 1 is 1.29 bits per heavy atom. The first-order valence-electron chi connectivity index (χ1n) is 8.18. The van der Waals surface area contributed by atoms with Gasteiger partial charge in [-0.1, -0.05) is 0 Å². The van der Waals surface area contributed by atoms with Crippen molar-refractivity contribution in [3.05, 3.63) is 24.3 Å². The number of nitrogens with one attached hydrogen (secondary N) is 1. The van der Waals surface area contributed by atoms with Crippen molar-refractivity contribution in [2.45, 2.75) is 18.9 Å². The maximum absolute atomic E-state index is 5.94. The van der Waals surface area contributed by atoms with Gasteiger partial charge in [0.2, 0.25) is 0 Å². The van der Waals surface area contributed by atoms with Crippen molar-refractivity contribution in [2.75, 3.05) is 52.7 Å². The molecule has 7 heteroatoms. The Morgan fingerprint density at radius 2 is 1.92 bits per heavy atom. The summed E-state index contributed by atoms with van der Waals surface area (Å²) in [4.78, 5) is 9.20. The van der Waals surface area contributed by atoms with Crippen molar-refractivity contribution in [1.82, 2.24) is 9.80 Å². The second-order valence-electron chi connectivity index (χ2n) is 6.16. The van der Waals surface area contributed by atoms with Crippen LogP contribution < -0.4 is 15.8 Å². The summed E-state index contributed by atoms with van der Waals surface area (Å²) in [5, 5.41) is 3.10. The summed E-state index contributed by atoms with van der Waals surface area (Å²) in [5.74, 6) is 1.28. The van der Waals surface area contributed by atoms with Gasteiger partial charge in [-0.15, -0.1) is 24.0 Å². The third kappa shape index (κ3) is 6.82. The summed E-state index contributed by atoms with van der Waals surface area (Å²) >= 11 is 0. The Hall–Kier alpha value is -1.06. The van der Waals surface area contributed by atoms with E-state index < -0.39 is 0 Å². The van der Waals surface area contributed by atoms with E-state index >= 15 is 0 Å². The van der Waals surface area contributed by atoms with E-state index in [1.54, 1.807) is 7.11 Å². The van der Waals surface area contributed by atoms with Crippen LogP contribution in [0.2, 0.25) is 0 Å². The standard InChI is InChI=1S/C17H29N5O.HI/c1-21(2)15-8-11-22(12-9-15)13-10-19-17(18)20-14-4-6-16(23-3)7-5-14;/h4-7,15H,8-13H2,1-3H3,(H3,18,19,20);1H. The molecule has 1 aliphatic heterocycles. The van der Waals surface area contributed by atoms with E-state index in [9.17, 15) is 0 Å². The van der Waals surface area contributed by atoms with Crippen molar-refractivity contribution in [1.29, 1.82) is 0 Å². The second-order valence-corrected chi connectivity index (χ2v) is 6.16. The highest BCUT2D eigenvalue weighted by Gasteiger charge is 2.19. The highest BCUT2D eigenvalue weighted by atomic mass is 127. The van der Waals surface area contributed by atoms with Crippen LogP contribution in [0.4, 0.5) is 5.69 Å². The summed E-state index contributed by atoms with van der Waals surface area (Å²) in [6.07, 6.45) is 2.46. The highest BCUT2D eigenvalue weighted by Crippen LogP contribution is 2.15. The first kappa shape index (κ1) is 21.0. The highest BCUT2D eigenvalue weighted by molar-refractivity contribution is 14.0. The molecule has 0 unspecified atom stereocenters. The van der Waals surface area contributed by atoms with Crippen LogP contribution in [0.15, 0.2) is 29.3 Å². The molecule has 2 rings (SSSR count). The number of halogens is 1. The van der Waals surface area contributed by atoms with E-state index in [1.807, 2.05) is 24.3 Å². The lowest BCUT2D eigenvalue weighted by atomic mass is 10.0. The fourth-order valence-corrected chi connectivity index (χ4v) is 2.83. The maximum atomic E-state index is 5.94. The van der Waals surface area contributed by atoms with Crippen LogP contribution in [0, 0.1) is 0 Å². The number of guanidine groups is 1. The zero-order chi connectivity index (χ0) is 16.7. The van der Waals surface area contributed by atoms with Crippen LogP contribution >= 0.6 is 24.0 Å². The second kappa shape index (κ2) is 10.7. The van der Waals surface area contributed by atoms with Gasteiger partial charge in [0.05, 0.1) is 13.7 Å². The molecule has 0 amide bonds. The minimum Gasteiger partial charge on any atom is -0.497 e. The van der Waals surface area contributed by atoms with Gasteiger partial charge in [0.15, 0.2) is 5.96 Å². The summed E-state index contributed by atoms with van der Waals surface area (Å²) in [6.45, 7) is 3.97. The molecule has 0 aliphatic carbocycles. The summed E-state index contributed by atoms with van der Waals surface area (Å²) in [7, 11) is 5.98. The molecular weight excluding hydrogens is 417 g/mol. The fraction of sp³-hybridized carbons (Fsp3) is 0.588. The Balaban J connectivity index is 0.00000288. The molecule has 0 spiro atoms. The van der Waals surface area contributed by atoms with Gasteiger partial charge < -0.3 is 25.6 Å². The quantitative estimate of drug-likeness (QED) is 0.397. The number of benzene rings is 1. The molecule has 1 heterocycles. The Morgan fingerprint density at radius 3 is 2.46 bits per heavy atom. The van der Waals surface area contributed by atoms with Gasteiger partial charge >= 0.3 is 0 Å². The van der Waals surface area contributed by atoms with Crippen LogP contribution in [0.5, 0.6) is 5.75 Å². The number of nitrogens with zero attached hydrogens (tertiary/aromatic N) is 3. The van der Waals surface area contributed by atoms with Crippen molar-refractivity contribution in [3.8, 4) is 5.75 Å². The molecule has 24 heavy (non-hydrogen) atoms. The normalized spacial score (nSPS) is 16.8. The third-order valence-electron chi connectivity index (χ3n) is 4.35. The lowest BCUT2D eigenvalue weighted by Crippen LogP contribution is -2.42. The number of hydrogen-bond acceptors (Lipinski definition) is 4. The zero-order valence-corrected chi connectivity index (χ0v) is 17.2. The van der Waals surface area contributed by atoms with Gasteiger partial charge in [0.1, 0.15) is 5.75 Å². The van der Waals surface area contributed by atoms with Crippen LogP contribution in [0.1, 0.15) is 12.8 Å². The lowest BCUT2D eigenvalue weighted by Gasteiger charge is -2.34. The van der Waals surface area contributed by atoms with Crippen molar-refractivity contribution in [2.24, 2.45) is 10.7 Å². The predicted octanol–water partition coefficient (Wildman–Crippen LogP) is 2.07. The van der Waals surface area contributed by atoms with Crippen molar-refractivity contribution in [3.63, 3.8) is 0 Å². The molecule has 1 aromatic carbocycles. The number of likely N-dealkylation sites (tertiary alicyclic amines) is 1. The number of nitrogens with two attached hydrogens (primary N) is 1.